The number of aryl methyl sites for hydroxylation is 1. The Bertz CT molecular complexity index is 661. The monoisotopic (exact) mass is 224 g/mol. The number of ketones is 1. The highest BCUT2D eigenvalue weighted by Crippen LogP contribution is 2.37. The van der Waals surface area contributed by atoms with Crippen molar-refractivity contribution >= 4 is 22.4 Å². The van der Waals surface area contributed by atoms with Gasteiger partial charge in [-0.25, -0.2) is 0 Å². The van der Waals surface area contributed by atoms with Gasteiger partial charge in [0.2, 0.25) is 0 Å². The molecule has 1 aromatic heterocycles. The Kier molecular flexibility index (Phi) is 1.65. The van der Waals surface area contributed by atoms with Gasteiger partial charge in [-0.15, -0.1) is 0 Å². The highest BCUT2D eigenvalue weighted by Gasteiger charge is 2.25. The molecule has 3 heteroatoms. The number of pyridine rings is 1. The maximum Gasteiger partial charge on any atom is 0.182 e. The van der Waals surface area contributed by atoms with Crippen molar-refractivity contribution in [2.24, 2.45) is 0 Å². The standard InChI is InChI=1S/C14H12N2O/c17-12-7-15-14-8-3-1-5-10(8)16-11-6-2-4-9(12)13(11)14/h2,4,6,15H,1,3,5,7H2. The largest absolute Gasteiger partial charge is 0.377 e. The van der Waals surface area contributed by atoms with Crippen molar-refractivity contribution in [2.75, 3.05) is 11.9 Å². The summed E-state index contributed by atoms with van der Waals surface area (Å²) in [4.78, 5) is 16.6. The van der Waals surface area contributed by atoms with Gasteiger partial charge in [-0.05, 0) is 30.9 Å². The summed E-state index contributed by atoms with van der Waals surface area (Å²) in [5.41, 5.74) is 5.50. The third kappa shape index (κ3) is 1.11. The van der Waals surface area contributed by atoms with E-state index in [1.807, 2.05) is 18.2 Å². The maximum absolute atomic E-state index is 11.9. The highest BCUT2D eigenvalue weighted by molar-refractivity contribution is 6.16. The van der Waals surface area contributed by atoms with Crippen LogP contribution in [0.3, 0.4) is 0 Å². The van der Waals surface area contributed by atoms with Gasteiger partial charge in [0.1, 0.15) is 0 Å². The zero-order chi connectivity index (χ0) is 11.4. The lowest BCUT2D eigenvalue weighted by Gasteiger charge is -2.20. The van der Waals surface area contributed by atoms with Gasteiger partial charge >= 0.3 is 0 Å². The summed E-state index contributed by atoms with van der Waals surface area (Å²) in [5.74, 6) is 0.169. The predicted molar refractivity (Wildman–Crippen MR) is 66.6 cm³/mol. The first kappa shape index (κ1) is 9.16. The number of fused-ring (bicyclic) bond motifs is 2. The Morgan fingerprint density at radius 2 is 2.18 bits per heavy atom. The molecule has 1 aliphatic carbocycles. The second-order valence-electron chi connectivity index (χ2n) is 4.74. The van der Waals surface area contributed by atoms with Crippen LogP contribution in [0.2, 0.25) is 0 Å². The Morgan fingerprint density at radius 3 is 3.12 bits per heavy atom. The number of hydrogen-bond acceptors (Lipinski definition) is 3. The quantitative estimate of drug-likeness (QED) is 0.746. The fourth-order valence-electron chi connectivity index (χ4n) is 3.00. The van der Waals surface area contributed by atoms with Gasteiger partial charge in [-0.3, -0.25) is 9.78 Å². The summed E-state index contributed by atoms with van der Waals surface area (Å²) in [6.45, 7) is 0.419. The van der Waals surface area contributed by atoms with Crippen LogP contribution in [0.15, 0.2) is 18.2 Å². The number of rotatable bonds is 0. The average Bonchev–Trinajstić information content (AvgIpc) is 2.81. The number of hydrogen-bond donors (Lipinski definition) is 1. The summed E-state index contributed by atoms with van der Waals surface area (Å²) in [5, 5.41) is 4.32. The Morgan fingerprint density at radius 1 is 1.24 bits per heavy atom. The number of Topliss-reactive ketones (excluding diaryl/α,β-unsaturated/α-hetero) is 1. The minimum atomic E-state index is 0.169. The topological polar surface area (TPSA) is 42.0 Å². The minimum absolute atomic E-state index is 0.169. The summed E-state index contributed by atoms with van der Waals surface area (Å²) in [6.07, 6.45) is 3.33. The second kappa shape index (κ2) is 3.06. The lowest BCUT2D eigenvalue weighted by molar-refractivity contribution is 0.101. The van der Waals surface area contributed by atoms with Crippen molar-refractivity contribution in [1.82, 2.24) is 4.98 Å². The van der Waals surface area contributed by atoms with Gasteiger partial charge in [-0.2, -0.15) is 0 Å². The van der Waals surface area contributed by atoms with Crippen LogP contribution in [0, 0.1) is 0 Å². The fourth-order valence-corrected chi connectivity index (χ4v) is 3.00. The molecule has 0 amide bonds. The first-order valence-electron chi connectivity index (χ1n) is 6.06. The molecular formula is C14H12N2O. The van der Waals surface area contributed by atoms with E-state index in [4.69, 9.17) is 4.98 Å². The molecule has 2 aromatic rings. The summed E-state index contributed by atoms with van der Waals surface area (Å²) < 4.78 is 0. The van der Waals surface area contributed by atoms with Crippen molar-refractivity contribution in [2.45, 2.75) is 19.3 Å². The van der Waals surface area contributed by atoms with Crippen molar-refractivity contribution < 1.29 is 4.79 Å². The van der Waals surface area contributed by atoms with Crippen molar-refractivity contribution in [3.63, 3.8) is 0 Å². The van der Waals surface area contributed by atoms with Crippen LogP contribution in [-0.4, -0.2) is 17.3 Å². The van der Waals surface area contributed by atoms with Gasteiger partial charge in [0.25, 0.3) is 0 Å². The van der Waals surface area contributed by atoms with E-state index in [0.29, 0.717) is 6.54 Å². The number of carbonyl (C=O) groups excluding carboxylic acids is 1. The van der Waals surface area contributed by atoms with E-state index in [2.05, 4.69) is 5.32 Å². The van der Waals surface area contributed by atoms with Crippen LogP contribution in [0.4, 0.5) is 5.69 Å². The lowest BCUT2D eigenvalue weighted by atomic mass is 9.96. The van der Waals surface area contributed by atoms with Gasteiger partial charge in [0, 0.05) is 22.3 Å². The lowest BCUT2D eigenvalue weighted by Crippen LogP contribution is -2.21. The fraction of sp³-hybridized carbons (Fsp3) is 0.286. The molecule has 0 saturated heterocycles. The third-order valence-electron chi connectivity index (χ3n) is 3.76. The number of benzene rings is 1. The van der Waals surface area contributed by atoms with E-state index >= 15 is 0 Å². The summed E-state index contributed by atoms with van der Waals surface area (Å²) in [6, 6.07) is 5.85. The van der Waals surface area contributed by atoms with E-state index in [1.165, 1.54) is 17.7 Å². The molecule has 2 heterocycles. The molecule has 1 aromatic carbocycles. The molecule has 3 nitrogen and oxygen atoms in total. The molecule has 1 N–H and O–H groups in total. The molecule has 0 unspecified atom stereocenters. The predicted octanol–water partition coefficient (Wildman–Crippen LogP) is 2.33. The molecular weight excluding hydrogens is 212 g/mol. The second-order valence-corrected chi connectivity index (χ2v) is 4.74. The van der Waals surface area contributed by atoms with Gasteiger partial charge < -0.3 is 5.32 Å². The van der Waals surface area contributed by atoms with Gasteiger partial charge in [0.15, 0.2) is 5.78 Å². The van der Waals surface area contributed by atoms with E-state index in [9.17, 15) is 4.79 Å². The molecule has 0 spiro atoms. The van der Waals surface area contributed by atoms with Crippen LogP contribution < -0.4 is 5.32 Å². The van der Waals surface area contributed by atoms with Crippen molar-refractivity contribution in [1.29, 1.82) is 0 Å². The number of nitrogens with zero attached hydrogens (tertiary/aromatic N) is 1. The first-order valence-corrected chi connectivity index (χ1v) is 6.06. The molecule has 1 aliphatic heterocycles. The summed E-state index contributed by atoms with van der Waals surface area (Å²) >= 11 is 0. The molecule has 17 heavy (non-hydrogen) atoms. The molecule has 0 radical (unpaired) electrons. The highest BCUT2D eigenvalue weighted by atomic mass is 16.1. The van der Waals surface area contributed by atoms with E-state index < -0.39 is 0 Å². The molecule has 0 atom stereocenters. The van der Waals surface area contributed by atoms with Crippen LogP contribution in [0.5, 0.6) is 0 Å². The van der Waals surface area contributed by atoms with Crippen LogP contribution >= 0.6 is 0 Å². The molecule has 0 saturated carbocycles. The normalized spacial score (nSPS) is 17.1. The van der Waals surface area contributed by atoms with Gasteiger partial charge in [-0.1, -0.05) is 12.1 Å². The van der Waals surface area contributed by atoms with Crippen molar-refractivity contribution in [3.8, 4) is 0 Å². The Labute approximate surface area is 98.9 Å². The maximum atomic E-state index is 11.9. The third-order valence-corrected chi connectivity index (χ3v) is 3.76. The Balaban J connectivity index is 2.20. The average molecular weight is 224 g/mol. The smallest absolute Gasteiger partial charge is 0.182 e. The first-order chi connectivity index (χ1) is 8.34. The molecule has 2 aliphatic rings. The van der Waals surface area contributed by atoms with Gasteiger partial charge in [0.05, 0.1) is 12.1 Å². The zero-order valence-corrected chi connectivity index (χ0v) is 9.42. The molecule has 0 fully saturated rings. The van der Waals surface area contributed by atoms with Crippen LogP contribution in [-0.2, 0) is 12.8 Å². The molecule has 84 valence electrons. The Hall–Kier alpha value is -1.90. The van der Waals surface area contributed by atoms with E-state index in [0.717, 1.165) is 35.0 Å². The van der Waals surface area contributed by atoms with Crippen molar-refractivity contribution in [3.05, 3.63) is 35.0 Å². The SMILES string of the molecule is O=C1CNc2c3c(nc4cccc1c24)CCC3. The number of aromatic nitrogens is 1. The minimum Gasteiger partial charge on any atom is -0.377 e. The van der Waals surface area contributed by atoms with E-state index in [-0.39, 0.29) is 5.78 Å². The number of nitrogens with one attached hydrogen (secondary N) is 1. The van der Waals surface area contributed by atoms with Crippen LogP contribution in [0.1, 0.15) is 28.0 Å². The number of anilines is 1. The number of carbonyl (C=O) groups is 1. The summed E-state index contributed by atoms with van der Waals surface area (Å²) in [7, 11) is 0. The van der Waals surface area contributed by atoms with Crippen LogP contribution in [0.25, 0.3) is 10.9 Å². The zero-order valence-electron chi connectivity index (χ0n) is 9.42. The van der Waals surface area contributed by atoms with E-state index in [1.54, 1.807) is 0 Å². The molecule has 4 rings (SSSR count). The molecule has 0 bridgehead atoms.